The van der Waals surface area contributed by atoms with E-state index in [4.69, 9.17) is 17.3 Å². The summed E-state index contributed by atoms with van der Waals surface area (Å²) >= 11 is 5.96. The van der Waals surface area contributed by atoms with E-state index in [9.17, 15) is 4.79 Å². The Morgan fingerprint density at radius 3 is 2.80 bits per heavy atom. The number of nitrogens with two attached hydrogens (primary N) is 1. The molecule has 0 spiro atoms. The van der Waals surface area contributed by atoms with E-state index in [0.29, 0.717) is 29.5 Å². The van der Waals surface area contributed by atoms with E-state index >= 15 is 0 Å². The molecular weight excluding hydrogens is 276 g/mol. The average molecular weight is 293 g/mol. The van der Waals surface area contributed by atoms with Crippen molar-refractivity contribution in [3.63, 3.8) is 0 Å². The number of benzene rings is 1. The van der Waals surface area contributed by atoms with Gasteiger partial charge in [0.2, 0.25) is 0 Å². The second-order valence-corrected chi connectivity index (χ2v) is 4.96. The Balaban J connectivity index is 2.22. The smallest absolute Gasteiger partial charge is 0.274 e. The monoisotopic (exact) mass is 292 g/mol. The van der Waals surface area contributed by atoms with Crippen LogP contribution in [0.25, 0.3) is 0 Å². The molecule has 2 N–H and O–H groups in total. The first kappa shape index (κ1) is 14.4. The lowest BCUT2D eigenvalue weighted by atomic mass is 10.2. The van der Waals surface area contributed by atoms with Gasteiger partial charge in [-0.15, -0.1) is 0 Å². The molecule has 2 rings (SSSR count). The van der Waals surface area contributed by atoms with Crippen molar-refractivity contribution in [2.24, 2.45) is 7.05 Å². The van der Waals surface area contributed by atoms with Crippen molar-refractivity contribution in [2.45, 2.75) is 13.5 Å². The standard InChI is InChI=1S/C14H17ClN4O/c1-3-19(9-10-5-4-6-11(15)7-10)14(20)13-12(16)8-17-18(13)2/h4-8H,3,9,16H2,1-2H3. The highest BCUT2D eigenvalue weighted by atomic mass is 35.5. The van der Waals surface area contributed by atoms with Crippen molar-refractivity contribution in [3.05, 3.63) is 46.7 Å². The number of aryl methyl sites for hydroxylation is 1. The topological polar surface area (TPSA) is 64.2 Å². The number of hydrogen-bond donors (Lipinski definition) is 1. The van der Waals surface area contributed by atoms with Gasteiger partial charge in [0.1, 0.15) is 5.69 Å². The number of halogens is 1. The number of hydrogen-bond acceptors (Lipinski definition) is 3. The largest absolute Gasteiger partial charge is 0.396 e. The van der Waals surface area contributed by atoms with Crippen molar-refractivity contribution in [1.82, 2.24) is 14.7 Å². The van der Waals surface area contributed by atoms with Gasteiger partial charge in [-0.1, -0.05) is 23.7 Å². The number of carbonyl (C=O) groups is 1. The van der Waals surface area contributed by atoms with Crippen LogP contribution in [0.5, 0.6) is 0 Å². The Morgan fingerprint density at radius 2 is 2.25 bits per heavy atom. The highest BCUT2D eigenvalue weighted by molar-refractivity contribution is 6.30. The quantitative estimate of drug-likeness (QED) is 0.940. The summed E-state index contributed by atoms with van der Waals surface area (Å²) in [5.41, 5.74) is 7.58. The van der Waals surface area contributed by atoms with Crippen molar-refractivity contribution in [1.29, 1.82) is 0 Å². The molecule has 0 unspecified atom stereocenters. The van der Waals surface area contributed by atoms with Gasteiger partial charge < -0.3 is 10.6 Å². The van der Waals surface area contributed by atoms with Crippen LogP contribution in [0.2, 0.25) is 5.02 Å². The normalized spacial score (nSPS) is 10.6. The maximum Gasteiger partial charge on any atom is 0.274 e. The highest BCUT2D eigenvalue weighted by Gasteiger charge is 2.20. The third kappa shape index (κ3) is 2.93. The van der Waals surface area contributed by atoms with E-state index in [0.717, 1.165) is 5.56 Å². The van der Waals surface area contributed by atoms with Gasteiger partial charge in [0.05, 0.1) is 11.9 Å². The van der Waals surface area contributed by atoms with E-state index < -0.39 is 0 Å². The molecule has 1 aromatic heterocycles. The van der Waals surface area contributed by atoms with Gasteiger partial charge in [-0.25, -0.2) is 0 Å². The zero-order chi connectivity index (χ0) is 14.7. The highest BCUT2D eigenvalue weighted by Crippen LogP contribution is 2.16. The summed E-state index contributed by atoms with van der Waals surface area (Å²) in [6.45, 7) is 2.99. The van der Waals surface area contributed by atoms with Crippen molar-refractivity contribution in [2.75, 3.05) is 12.3 Å². The van der Waals surface area contributed by atoms with Crippen molar-refractivity contribution < 1.29 is 4.79 Å². The van der Waals surface area contributed by atoms with Crippen LogP contribution < -0.4 is 5.73 Å². The number of amides is 1. The van der Waals surface area contributed by atoms with Crippen LogP contribution in [0.15, 0.2) is 30.5 Å². The van der Waals surface area contributed by atoms with Crippen LogP contribution in [-0.2, 0) is 13.6 Å². The SMILES string of the molecule is CCN(Cc1cccc(Cl)c1)C(=O)c1c(N)cnn1C. The van der Waals surface area contributed by atoms with E-state index in [-0.39, 0.29) is 5.91 Å². The molecule has 0 aliphatic rings. The van der Waals surface area contributed by atoms with Gasteiger partial charge in [0, 0.05) is 25.2 Å². The minimum absolute atomic E-state index is 0.134. The van der Waals surface area contributed by atoms with Crippen molar-refractivity contribution in [3.8, 4) is 0 Å². The molecule has 0 saturated carbocycles. The Kier molecular flexibility index (Phi) is 4.29. The van der Waals surface area contributed by atoms with Crippen LogP contribution in [0, 0.1) is 0 Å². The predicted molar refractivity (Wildman–Crippen MR) is 79.5 cm³/mol. The summed E-state index contributed by atoms with van der Waals surface area (Å²) in [4.78, 5) is 14.2. The summed E-state index contributed by atoms with van der Waals surface area (Å²) in [7, 11) is 1.71. The van der Waals surface area contributed by atoms with Gasteiger partial charge in [0.25, 0.3) is 5.91 Å². The number of anilines is 1. The molecule has 5 nitrogen and oxygen atoms in total. The van der Waals surface area contributed by atoms with Crippen LogP contribution in [0.3, 0.4) is 0 Å². The Labute approximate surface area is 122 Å². The fourth-order valence-corrected chi connectivity index (χ4v) is 2.26. The maximum absolute atomic E-state index is 12.5. The molecule has 0 saturated heterocycles. The fraction of sp³-hybridized carbons (Fsp3) is 0.286. The molecule has 0 aliphatic carbocycles. The number of rotatable bonds is 4. The molecule has 0 fully saturated rings. The van der Waals surface area contributed by atoms with Crippen LogP contribution in [-0.4, -0.2) is 27.1 Å². The number of aromatic nitrogens is 2. The predicted octanol–water partition coefficient (Wildman–Crippen LogP) is 2.32. The third-order valence-corrected chi connectivity index (χ3v) is 3.34. The summed E-state index contributed by atoms with van der Waals surface area (Å²) < 4.78 is 1.50. The van der Waals surface area contributed by atoms with Gasteiger partial charge in [-0.05, 0) is 24.6 Å². The van der Waals surface area contributed by atoms with Crippen LogP contribution >= 0.6 is 11.6 Å². The number of nitrogen functional groups attached to an aromatic ring is 1. The minimum Gasteiger partial charge on any atom is -0.396 e. The Bertz CT molecular complexity index is 604. The van der Waals surface area contributed by atoms with E-state index in [2.05, 4.69) is 5.10 Å². The summed E-state index contributed by atoms with van der Waals surface area (Å²) in [5, 5.41) is 4.66. The lowest BCUT2D eigenvalue weighted by molar-refractivity contribution is 0.0742. The van der Waals surface area contributed by atoms with E-state index in [1.807, 2.05) is 31.2 Å². The van der Waals surface area contributed by atoms with Gasteiger partial charge in [-0.2, -0.15) is 5.10 Å². The van der Waals surface area contributed by atoms with Gasteiger partial charge in [-0.3, -0.25) is 9.48 Å². The lowest BCUT2D eigenvalue weighted by Gasteiger charge is -2.21. The zero-order valence-corrected chi connectivity index (χ0v) is 12.3. The molecule has 1 heterocycles. The summed E-state index contributed by atoms with van der Waals surface area (Å²) in [5.74, 6) is -0.134. The Hall–Kier alpha value is -2.01. The van der Waals surface area contributed by atoms with Crippen LogP contribution in [0.4, 0.5) is 5.69 Å². The average Bonchev–Trinajstić information content (AvgIpc) is 2.75. The first-order valence-electron chi connectivity index (χ1n) is 6.34. The molecule has 1 amide bonds. The lowest BCUT2D eigenvalue weighted by Crippen LogP contribution is -2.32. The van der Waals surface area contributed by atoms with Gasteiger partial charge in [0.15, 0.2) is 0 Å². The minimum atomic E-state index is -0.134. The third-order valence-electron chi connectivity index (χ3n) is 3.10. The second-order valence-electron chi connectivity index (χ2n) is 4.52. The maximum atomic E-state index is 12.5. The first-order chi connectivity index (χ1) is 9.52. The van der Waals surface area contributed by atoms with Crippen LogP contribution in [0.1, 0.15) is 23.0 Å². The van der Waals surface area contributed by atoms with E-state index in [1.54, 1.807) is 11.9 Å². The number of nitrogens with zero attached hydrogens (tertiary/aromatic N) is 3. The summed E-state index contributed by atoms with van der Waals surface area (Å²) in [6.07, 6.45) is 1.49. The van der Waals surface area contributed by atoms with E-state index in [1.165, 1.54) is 10.9 Å². The molecule has 6 heteroatoms. The molecule has 1 aromatic carbocycles. The van der Waals surface area contributed by atoms with Crippen molar-refractivity contribution >= 4 is 23.2 Å². The molecule has 2 aromatic rings. The molecule has 0 bridgehead atoms. The second kappa shape index (κ2) is 5.96. The summed E-state index contributed by atoms with van der Waals surface area (Å²) in [6, 6.07) is 7.47. The molecule has 106 valence electrons. The van der Waals surface area contributed by atoms with Gasteiger partial charge >= 0.3 is 0 Å². The molecular formula is C14H17ClN4O. The zero-order valence-electron chi connectivity index (χ0n) is 11.5. The fourth-order valence-electron chi connectivity index (χ4n) is 2.05. The molecule has 0 radical (unpaired) electrons. The Morgan fingerprint density at radius 1 is 1.50 bits per heavy atom. The molecule has 0 atom stereocenters. The first-order valence-corrected chi connectivity index (χ1v) is 6.72. The number of carbonyl (C=O) groups excluding carboxylic acids is 1. The molecule has 20 heavy (non-hydrogen) atoms. The molecule has 0 aliphatic heterocycles.